The number of carbonyl (C=O) groups excluding carboxylic acids is 1. The third-order valence-corrected chi connectivity index (χ3v) is 8.79. The highest BCUT2D eigenvalue weighted by atomic mass is 16.2. The molecule has 2 aliphatic heterocycles. The molecule has 8 rings (SSSR count). The number of hydrogen-bond donors (Lipinski definition) is 3. The molecule has 0 bridgehead atoms. The van der Waals surface area contributed by atoms with Crippen LogP contribution >= 0.6 is 0 Å². The summed E-state index contributed by atoms with van der Waals surface area (Å²) in [7, 11) is 1.82. The Morgan fingerprint density at radius 3 is 1.78 bits per heavy atom. The second-order valence-corrected chi connectivity index (χ2v) is 11.9. The molecule has 4 aromatic carbocycles. The van der Waals surface area contributed by atoms with Gasteiger partial charge in [0.05, 0.1) is 17.9 Å². The van der Waals surface area contributed by atoms with Crippen LogP contribution in [-0.4, -0.2) is 51.5 Å². The molecule has 2 aliphatic rings. The largest absolute Gasteiger partial charge is 0.324 e. The number of nitrogens with one attached hydrogen (secondary N) is 3. The van der Waals surface area contributed by atoms with Crippen LogP contribution in [0.5, 0.6) is 0 Å². The maximum absolute atomic E-state index is 12.9. The second-order valence-electron chi connectivity index (χ2n) is 11.9. The van der Waals surface area contributed by atoms with E-state index in [4.69, 9.17) is 0 Å². The summed E-state index contributed by atoms with van der Waals surface area (Å²) in [6, 6.07) is 40.6. The molecular weight excluding hydrogens is 606 g/mol. The van der Waals surface area contributed by atoms with E-state index < -0.39 is 0 Å². The third kappa shape index (κ3) is 8.52. The number of amides is 2. The Kier molecular flexibility index (Phi) is 12.2. The lowest BCUT2D eigenvalue weighted by molar-refractivity contribution is 0.200. The SMILES string of the molecule is C.CCc1ccccc1.CN(C(=O)N1CCc2[nH]nc(-c3ccccc3)c2C1)c1ccccc1.c1ccc(-c2n[nH]c3c2CNCC3)cc1. The molecule has 2 aromatic heterocycles. The number of aromatic amines is 2. The van der Waals surface area contributed by atoms with E-state index in [0.29, 0.717) is 13.1 Å². The molecule has 252 valence electrons. The fourth-order valence-electron chi connectivity index (χ4n) is 6.04. The summed E-state index contributed by atoms with van der Waals surface area (Å²) >= 11 is 0. The molecule has 4 heterocycles. The van der Waals surface area contributed by atoms with Crippen LogP contribution < -0.4 is 10.2 Å². The van der Waals surface area contributed by atoms with E-state index in [1.54, 1.807) is 4.90 Å². The number of nitrogens with zero attached hydrogens (tertiary/aromatic N) is 4. The highest BCUT2D eigenvalue weighted by Gasteiger charge is 2.27. The van der Waals surface area contributed by atoms with E-state index in [2.05, 4.69) is 69.0 Å². The quantitative estimate of drug-likeness (QED) is 0.179. The third-order valence-electron chi connectivity index (χ3n) is 8.79. The molecule has 0 spiro atoms. The summed E-state index contributed by atoms with van der Waals surface area (Å²) in [4.78, 5) is 16.5. The van der Waals surface area contributed by atoms with Crippen molar-refractivity contribution < 1.29 is 4.79 Å². The highest BCUT2D eigenvalue weighted by molar-refractivity contribution is 5.91. The van der Waals surface area contributed by atoms with Crippen LogP contribution in [0.25, 0.3) is 22.5 Å². The molecule has 8 heteroatoms. The van der Waals surface area contributed by atoms with Gasteiger partial charge in [-0.05, 0) is 24.1 Å². The van der Waals surface area contributed by atoms with Crippen molar-refractivity contribution in [2.24, 2.45) is 0 Å². The number of aromatic nitrogens is 4. The zero-order valence-corrected chi connectivity index (χ0v) is 27.7. The van der Waals surface area contributed by atoms with Crippen LogP contribution in [-0.2, 0) is 32.4 Å². The highest BCUT2D eigenvalue weighted by Crippen LogP contribution is 2.29. The summed E-state index contributed by atoms with van der Waals surface area (Å²) < 4.78 is 0. The van der Waals surface area contributed by atoms with Crippen LogP contribution in [0.4, 0.5) is 10.5 Å². The first-order valence-electron chi connectivity index (χ1n) is 16.7. The molecule has 0 radical (unpaired) electrons. The molecule has 2 amide bonds. The van der Waals surface area contributed by atoms with Gasteiger partial charge in [0.1, 0.15) is 0 Å². The van der Waals surface area contributed by atoms with Crippen molar-refractivity contribution in [2.45, 2.75) is 46.7 Å². The summed E-state index contributed by atoms with van der Waals surface area (Å²) in [6.07, 6.45) is 2.99. The van der Waals surface area contributed by atoms with Crippen LogP contribution in [0, 0.1) is 0 Å². The van der Waals surface area contributed by atoms with Crippen molar-refractivity contribution in [3.63, 3.8) is 0 Å². The van der Waals surface area contributed by atoms with Gasteiger partial charge in [-0.3, -0.25) is 15.1 Å². The summed E-state index contributed by atoms with van der Waals surface area (Å²) in [6.45, 7) is 5.40. The van der Waals surface area contributed by atoms with Crippen molar-refractivity contribution >= 4 is 11.7 Å². The first kappa shape index (κ1) is 34.9. The Bertz CT molecular complexity index is 1870. The predicted molar refractivity (Wildman–Crippen MR) is 200 cm³/mol. The van der Waals surface area contributed by atoms with Crippen LogP contribution in [0.2, 0.25) is 0 Å². The Morgan fingerprint density at radius 2 is 1.22 bits per heavy atom. The number of aryl methyl sites for hydroxylation is 1. The molecule has 0 saturated carbocycles. The number of H-pyrrole nitrogens is 2. The number of urea groups is 1. The number of benzene rings is 4. The molecule has 0 fully saturated rings. The molecule has 0 atom stereocenters. The van der Waals surface area contributed by atoms with E-state index in [0.717, 1.165) is 66.2 Å². The minimum absolute atomic E-state index is 0. The lowest BCUT2D eigenvalue weighted by Gasteiger charge is -2.31. The topological polar surface area (TPSA) is 92.9 Å². The van der Waals surface area contributed by atoms with E-state index in [-0.39, 0.29) is 13.5 Å². The number of anilines is 1. The van der Waals surface area contributed by atoms with Gasteiger partial charge in [0.15, 0.2) is 0 Å². The first-order valence-corrected chi connectivity index (χ1v) is 16.7. The van der Waals surface area contributed by atoms with E-state index in [9.17, 15) is 4.79 Å². The Balaban J connectivity index is 0.000000164. The van der Waals surface area contributed by atoms with Gasteiger partial charge in [0, 0.05) is 78.9 Å². The van der Waals surface area contributed by atoms with Crippen LogP contribution in [0.15, 0.2) is 121 Å². The van der Waals surface area contributed by atoms with Gasteiger partial charge in [-0.2, -0.15) is 10.2 Å². The molecule has 6 aromatic rings. The fourth-order valence-corrected chi connectivity index (χ4v) is 6.04. The van der Waals surface area contributed by atoms with E-state index >= 15 is 0 Å². The molecular formula is C41H47N7O. The number of carbonyl (C=O) groups is 1. The number of rotatable bonds is 4. The smallest absolute Gasteiger partial charge is 0.319 e. The van der Waals surface area contributed by atoms with Gasteiger partial charge < -0.3 is 10.2 Å². The Hall–Kier alpha value is -5.47. The lowest BCUT2D eigenvalue weighted by atomic mass is 10.0. The van der Waals surface area contributed by atoms with E-state index in [1.807, 2.05) is 96.9 Å². The zero-order chi connectivity index (χ0) is 33.1. The average Bonchev–Trinajstić information content (AvgIpc) is 3.81. The van der Waals surface area contributed by atoms with Gasteiger partial charge in [-0.15, -0.1) is 0 Å². The lowest BCUT2D eigenvalue weighted by Crippen LogP contribution is -2.43. The maximum Gasteiger partial charge on any atom is 0.324 e. The zero-order valence-electron chi connectivity index (χ0n) is 27.7. The molecule has 8 nitrogen and oxygen atoms in total. The average molecular weight is 654 g/mol. The molecule has 0 aliphatic carbocycles. The van der Waals surface area contributed by atoms with Gasteiger partial charge in [-0.1, -0.05) is 124 Å². The van der Waals surface area contributed by atoms with Gasteiger partial charge in [-0.25, -0.2) is 4.79 Å². The Morgan fingerprint density at radius 1 is 0.714 bits per heavy atom. The molecule has 0 unspecified atom stereocenters. The van der Waals surface area contributed by atoms with Crippen molar-refractivity contribution in [3.05, 3.63) is 149 Å². The van der Waals surface area contributed by atoms with Crippen molar-refractivity contribution in [1.29, 1.82) is 0 Å². The number of para-hydroxylation sites is 1. The minimum Gasteiger partial charge on any atom is -0.319 e. The molecule has 49 heavy (non-hydrogen) atoms. The summed E-state index contributed by atoms with van der Waals surface area (Å²) in [5.41, 5.74) is 11.5. The monoisotopic (exact) mass is 653 g/mol. The normalized spacial score (nSPS) is 12.9. The maximum atomic E-state index is 12.9. The molecule has 3 N–H and O–H groups in total. The van der Waals surface area contributed by atoms with Gasteiger partial charge in [0.25, 0.3) is 0 Å². The second kappa shape index (κ2) is 17.1. The van der Waals surface area contributed by atoms with Crippen LogP contribution in [0.3, 0.4) is 0 Å². The standard InChI is InChI=1S/C20H20N4O.C12H13N3.C8H10.CH4/c1-23(16-10-6-3-7-11-16)20(25)24-13-12-18-17(14-24)19(22-21-18)15-8-4-2-5-9-15;1-2-4-9(5-3-1)12-10-8-13-7-6-11(10)14-15-12;1-2-8-6-4-3-5-7-8;/h2-11H,12-14H2,1H3,(H,21,22);1-5,13H,6-8H2,(H,14,15);3-7H,2H2,1H3;1H4. The summed E-state index contributed by atoms with van der Waals surface area (Å²) in [5, 5.41) is 18.5. The fraction of sp³-hybridized carbons (Fsp3) is 0.244. The number of fused-ring (bicyclic) bond motifs is 2. The van der Waals surface area contributed by atoms with Crippen molar-refractivity contribution in [1.82, 2.24) is 30.6 Å². The van der Waals surface area contributed by atoms with Gasteiger partial charge >= 0.3 is 6.03 Å². The molecule has 0 saturated heterocycles. The van der Waals surface area contributed by atoms with Gasteiger partial charge in [0.2, 0.25) is 0 Å². The van der Waals surface area contributed by atoms with Crippen molar-refractivity contribution in [2.75, 3.05) is 25.0 Å². The van der Waals surface area contributed by atoms with E-state index in [1.165, 1.54) is 22.4 Å². The minimum atomic E-state index is 0. The first-order chi connectivity index (χ1) is 23.6. The summed E-state index contributed by atoms with van der Waals surface area (Å²) in [5.74, 6) is 0. The Labute approximate surface area is 290 Å². The predicted octanol–water partition coefficient (Wildman–Crippen LogP) is 8.30. The van der Waals surface area contributed by atoms with Crippen molar-refractivity contribution in [3.8, 4) is 22.5 Å². The van der Waals surface area contributed by atoms with Crippen LogP contribution in [0.1, 0.15) is 42.4 Å². The number of hydrogen-bond acceptors (Lipinski definition) is 4.